The van der Waals surface area contributed by atoms with Gasteiger partial charge in [-0.25, -0.2) is 9.80 Å². The Balaban J connectivity index is 1.05. The molecule has 0 radical (unpaired) electrons. The molecule has 6 heteroatoms. The summed E-state index contributed by atoms with van der Waals surface area (Å²) < 4.78 is 0. The minimum Gasteiger partial charge on any atom is -0.268 e. The first-order valence-corrected chi connectivity index (χ1v) is 16.5. The number of anilines is 2. The zero-order chi connectivity index (χ0) is 34.8. The average molecular weight is 653 g/mol. The second-order valence-electron chi connectivity index (χ2n) is 13.1. The predicted molar refractivity (Wildman–Crippen MR) is 197 cm³/mol. The fourth-order valence-corrected chi connectivity index (χ4v) is 6.94. The summed E-state index contributed by atoms with van der Waals surface area (Å²) in [5, 5.41) is 0. The third-order valence-corrected chi connectivity index (χ3v) is 9.75. The molecule has 50 heavy (non-hydrogen) atoms. The number of nitrogens with zero attached hydrogens (tertiary/aromatic N) is 2. The standard InChI is InChI=1S/C44H32N2O4/c1-25-5-9-29(10-6-25)33-13-17-35-37(23-33)43(49)45(41(35)47)39-19-15-31(21-27(39)3)32-16-20-40(28(4)22-32)46-42(48)36-18-14-34(24-38(36)44(46)50)30-11-7-26(2)8-12-30/h5-24H,1-4H3. The van der Waals surface area contributed by atoms with Crippen LogP contribution in [-0.2, 0) is 0 Å². The van der Waals surface area contributed by atoms with E-state index in [4.69, 9.17) is 0 Å². The lowest BCUT2D eigenvalue weighted by Crippen LogP contribution is -2.30. The molecule has 6 aromatic carbocycles. The first kappa shape index (κ1) is 30.9. The maximum Gasteiger partial charge on any atom is 0.266 e. The van der Waals surface area contributed by atoms with Gasteiger partial charge in [-0.15, -0.1) is 0 Å². The van der Waals surface area contributed by atoms with Gasteiger partial charge in [0.15, 0.2) is 0 Å². The number of fused-ring (bicyclic) bond motifs is 2. The summed E-state index contributed by atoms with van der Waals surface area (Å²) in [5.41, 5.74) is 11.9. The number of hydrogen-bond acceptors (Lipinski definition) is 4. The van der Waals surface area contributed by atoms with Gasteiger partial charge >= 0.3 is 0 Å². The molecule has 8 rings (SSSR count). The minimum atomic E-state index is -0.345. The van der Waals surface area contributed by atoms with Gasteiger partial charge in [0.05, 0.1) is 33.6 Å². The fraction of sp³-hybridized carbons (Fsp3) is 0.0909. The molecule has 2 aliphatic rings. The predicted octanol–water partition coefficient (Wildman–Crippen LogP) is 9.52. The van der Waals surface area contributed by atoms with E-state index >= 15 is 0 Å². The maximum absolute atomic E-state index is 13.6. The number of hydrogen-bond donors (Lipinski definition) is 0. The molecule has 0 saturated heterocycles. The highest BCUT2D eigenvalue weighted by atomic mass is 16.2. The van der Waals surface area contributed by atoms with Crippen LogP contribution in [0, 0.1) is 27.7 Å². The van der Waals surface area contributed by atoms with Gasteiger partial charge < -0.3 is 0 Å². The molecule has 0 saturated carbocycles. The molecule has 6 aromatic rings. The van der Waals surface area contributed by atoms with Crippen LogP contribution in [0.4, 0.5) is 11.4 Å². The normalized spacial score (nSPS) is 13.7. The topological polar surface area (TPSA) is 74.8 Å². The van der Waals surface area contributed by atoms with E-state index in [9.17, 15) is 19.2 Å². The maximum atomic E-state index is 13.6. The first-order chi connectivity index (χ1) is 24.1. The van der Waals surface area contributed by atoms with Crippen molar-refractivity contribution >= 4 is 35.0 Å². The molecular formula is C44H32N2O4. The van der Waals surface area contributed by atoms with Crippen molar-refractivity contribution < 1.29 is 19.2 Å². The molecule has 4 amide bonds. The summed E-state index contributed by atoms with van der Waals surface area (Å²) in [6.45, 7) is 7.81. The number of carbonyl (C=O) groups excluding carboxylic acids is 4. The van der Waals surface area contributed by atoms with Crippen molar-refractivity contribution in [2.24, 2.45) is 0 Å². The molecule has 0 atom stereocenters. The summed E-state index contributed by atoms with van der Waals surface area (Å²) in [6.07, 6.45) is 0. The molecule has 2 aliphatic heterocycles. The van der Waals surface area contributed by atoms with Crippen LogP contribution in [0.5, 0.6) is 0 Å². The molecule has 0 spiro atoms. The van der Waals surface area contributed by atoms with Gasteiger partial charge in [0.25, 0.3) is 23.6 Å². The lowest BCUT2D eigenvalue weighted by atomic mass is 9.99. The molecule has 0 aromatic heterocycles. The Morgan fingerprint density at radius 2 is 0.620 bits per heavy atom. The smallest absolute Gasteiger partial charge is 0.266 e. The summed E-state index contributed by atoms with van der Waals surface area (Å²) in [4.78, 5) is 56.8. The monoisotopic (exact) mass is 652 g/mol. The Morgan fingerprint density at radius 1 is 0.320 bits per heavy atom. The van der Waals surface area contributed by atoms with Crippen molar-refractivity contribution in [3.63, 3.8) is 0 Å². The Labute approximate surface area is 290 Å². The van der Waals surface area contributed by atoms with Crippen LogP contribution in [0.15, 0.2) is 121 Å². The summed E-state index contributed by atoms with van der Waals surface area (Å²) in [5.74, 6) is -1.38. The Morgan fingerprint density at radius 3 is 0.980 bits per heavy atom. The molecule has 0 aliphatic carbocycles. The largest absolute Gasteiger partial charge is 0.268 e. The summed E-state index contributed by atoms with van der Waals surface area (Å²) in [6, 6.07) is 38.2. The fourth-order valence-electron chi connectivity index (χ4n) is 6.94. The first-order valence-electron chi connectivity index (χ1n) is 16.5. The molecule has 0 fully saturated rings. The van der Waals surface area contributed by atoms with Crippen LogP contribution >= 0.6 is 0 Å². The SMILES string of the molecule is Cc1ccc(-c2ccc3c(c2)C(=O)N(c2ccc(-c4ccc(N5C(=O)c6ccc(-c7ccc(C)cc7)cc6C5=O)c(C)c4)cc2C)C3=O)cc1. The van der Waals surface area contributed by atoms with Crippen LogP contribution in [0.2, 0.25) is 0 Å². The van der Waals surface area contributed by atoms with E-state index in [1.165, 1.54) is 9.80 Å². The highest BCUT2D eigenvalue weighted by Gasteiger charge is 2.39. The van der Waals surface area contributed by atoms with Gasteiger partial charge in [-0.05, 0) is 121 Å². The lowest BCUT2D eigenvalue weighted by Gasteiger charge is -2.19. The minimum absolute atomic E-state index is 0.344. The molecule has 242 valence electrons. The zero-order valence-corrected chi connectivity index (χ0v) is 28.1. The van der Waals surface area contributed by atoms with Crippen molar-refractivity contribution in [2.75, 3.05) is 9.80 Å². The highest BCUT2D eigenvalue weighted by Crippen LogP contribution is 2.38. The summed E-state index contributed by atoms with van der Waals surface area (Å²) in [7, 11) is 0. The van der Waals surface area contributed by atoms with Gasteiger partial charge in [-0.1, -0.05) is 83.9 Å². The van der Waals surface area contributed by atoms with Gasteiger partial charge in [0, 0.05) is 0 Å². The van der Waals surface area contributed by atoms with Crippen molar-refractivity contribution in [1.82, 2.24) is 0 Å². The Bertz CT molecular complexity index is 2270. The van der Waals surface area contributed by atoms with Gasteiger partial charge in [0.2, 0.25) is 0 Å². The molecule has 2 heterocycles. The lowest BCUT2D eigenvalue weighted by molar-refractivity contribution is 0.0910. The van der Waals surface area contributed by atoms with Crippen LogP contribution in [0.25, 0.3) is 33.4 Å². The van der Waals surface area contributed by atoms with Crippen molar-refractivity contribution in [2.45, 2.75) is 27.7 Å². The van der Waals surface area contributed by atoms with Gasteiger partial charge in [0.1, 0.15) is 0 Å². The summed E-state index contributed by atoms with van der Waals surface area (Å²) >= 11 is 0. The van der Waals surface area contributed by atoms with E-state index in [0.29, 0.717) is 33.6 Å². The second-order valence-corrected chi connectivity index (χ2v) is 13.1. The van der Waals surface area contributed by atoms with Gasteiger partial charge in [-0.2, -0.15) is 0 Å². The number of benzene rings is 6. The Kier molecular flexibility index (Phi) is 7.19. The molecule has 6 nitrogen and oxygen atoms in total. The van der Waals surface area contributed by atoms with Crippen molar-refractivity contribution in [3.8, 4) is 33.4 Å². The van der Waals surface area contributed by atoms with Crippen molar-refractivity contribution in [1.29, 1.82) is 0 Å². The zero-order valence-electron chi connectivity index (χ0n) is 28.1. The van der Waals surface area contributed by atoms with Crippen LogP contribution in [0.3, 0.4) is 0 Å². The van der Waals surface area contributed by atoms with Crippen LogP contribution < -0.4 is 9.80 Å². The second kappa shape index (κ2) is 11.6. The van der Waals surface area contributed by atoms with E-state index in [1.807, 2.05) is 113 Å². The average Bonchev–Trinajstić information content (AvgIpc) is 3.51. The number of carbonyl (C=O) groups is 4. The molecular weight excluding hydrogens is 620 g/mol. The molecule has 0 bridgehead atoms. The number of imide groups is 2. The van der Waals surface area contributed by atoms with Crippen molar-refractivity contribution in [3.05, 3.63) is 166 Å². The number of amides is 4. The van der Waals surface area contributed by atoms with Gasteiger partial charge in [-0.3, -0.25) is 19.2 Å². The van der Waals surface area contributed by atoms with E-state index in [-0.39, 0.29) is 23.6 Å². The quantitative estimate of drug-likeness (QED) is 0.174. The third kappa shape index (κ3) is 4.96. The van der Waals surface area contributed by atoms with E-state index in [1.54, 1.807) is 36.4 Å². The Hall–Kier alpha value is -6.40. The van der Waals surface area contributed by atoms with E-state index in [2.05, 4.69) is 0 Å². The number of aryl methyl sites for hydroxylation is 4. The van der Waals surface area contributed by atoms with E-state index < -0.39 is 0 Å². The molecule has 0 unspecified atom stereocenters. The van der Waals surface area contributed by atoms with Crippen LogP contribution in [0.1, 0.15) is 63.7 Å². The highest BCUT2D eigenvalue weighted by molar-refractivity contribution is 6.35. The third-order valence-electron chi connectivity index (χ3n) is 9.75. The van der Waals surface area contributed by atoms with Crippen LogP contribution in [-0.4, -0.2) is 23.6 Å². The van der Waals surface area contributed by atoms with E-state index in [0.717, 1.165) is 55.6 Å². The molecule has 0 N–H and O–H groups in total. The number of rotatable bonds is 5.